The fourth-order valence-corrected chi connectivity index (χ4v) is 4.22. The first-order valence-corrected chi connectivity index (χ1v) is 10.9. The first kappa shape index (κ1) is 21.3. The van der Waals surface area contributed by atoms with Gasteiger partial charge in [0.2, 0.25) is 5.91 Å². The van der Waals surface area contributed by atoms with Gasteiger partial charge in [-0.25, -0.2) is 0 Å². The van der Waals surface area contributed by atoms with Gasteiger partial charge in [-0.1, -0.05) is 72.3 Å². The van der Waals surface area contributed by atoms with Gasteiger partial charge in [0.15, 0.2) is 5.78 Å². The van der Waals surface area contributed by atoms with Crippen LogP contribution >= 0.6 is 11.6 Å². The Morgan fingerprint density at radius 1 is 0.968 bits per heavy atom. The van der Waals surface area contributed by atoms with Crippen LogP contribution in [0.1, 0.15) is 34.3 Å². The van der Waals surface area contributed by atoms with Crippen LogP contribution in [-0.2, 0) is 11.3 Å². The Morgan fingerprint density at radius 2 is 1.68 bits per heavy atom. The molecule has 1 atom stereocenters. The van der Waals surface area contributed by atoms with Crippen molar-refractivity contribution in [2.24, 2.45) is 5.92 Å². The molecule has 0 aromatic heterocycles. The smallest absolute Gasteiger partial charge is 0.228 e. The molecule has 158 valence electrons. The maximum atomic E-state index is 13.1. The first-order chi connectivity index (χ1) is 15.1. The average Bonchev–Trinajstić information content (AvgIpc) is 2.81. The van der Waals surface area contributed by atoms with Crippen LogP contribution in [0.5, 0.6) is 0 Å². The van der Waals surface area contributed by atoms with Crippen LogP contribution in [0.4, 0.5) is 5.69 Å². The summed E-state index contributed by atoms with van der Waals surface area (Å²) in [6.07, 6.45) is 1.81. The van der Waals surface area contributed by atoms with Gasteiger partial charge in [-0.15, -0.1) is 0 Å². The molecule has 3 aromatic carbocycles. The van der Waals surface area contributed by atoms with Crippen LogP contribution in [-0.4, -0.2) is 29.7 Å². The third kappa shape index (κ3) is 5.40. The number of rotatable bonds is 6. The van der Waals surface area contributed by atoms with Crippen molar-refractivity contribution >= 4 is 29.0 Å². The number of nitrogens with zero attached hydrogens (tertiary/aromatic N) is 1. The van der Waals surface area contributed by atoms with E-state index in [0.29, 0.717) is 28.4 Å². The van der Waals surface area contributed by atoms with Crippen molar-refractivity contribution < 1.29 is 9.59 Å². The van der Waals surface area contributed by atoms with E-state index >= 15 is 0 Å². The van der Waals surface area contributed by atoms with Gasteiger partial charge in [0.1, 0.15) is 0 Å². The van der Waals surface area contributed by atoms with E-state index in [1.165, 1.54) is 5.56 Å². The van der Waals surface area contributed by atoms with Crippen LogP contribution in [0.15, 0.2) is 78.9 Å². The summed E-state index contributed by atoms with van der Waals surface area (Å²) in [4.78, 5) is 28.4. The number of ketones is 1. The standard InChI is InChI=1S/C26H25ClN2O2/c27-22-13-14-24(23(16-22)25(30)20-10-5-2-6-11-20)28-26(31)21-12-7-15-29(18-21)17-19-8-3-1-4-9-19/h1-6,8-11,13-14,16,21H,7,12,15,17-18H2,(H,28,31). The minimum Gasteiger partial charge on any atom is -0.325 e. The van der Waals surface area contributed by atoms with Crippen molar-refractivity contribution in [3.63, 3.8) is 0 Å². The van der Waals surface area contributed by atoms with E-state index in [0.717, 1.165) is 25.9 Å². The molecule has 3 aromatic rings. The predicted molar refractivity (Wildman–Crippen MR) is 124 cm³/mol. The quantitative estimate of drug-likeness (QED) is 0.529. The molecular weight excluding hydrogens is 408 g/mol. The molecule has 0 saturated carbocycles. The fourth-order valence-electron chi connectivity index (χ4n) is 4.05. The number of hydrogen-bond donors (Lipinski definition) is 1. The second-order valence-electron chi connectivity index (χ2n) is 7.93. The molecule has 1 amide bonds. The predicted octanol–water partition coefficient (Wildman–Crippen LogP) is 5.42. The van der Waals surface area contributed by atoms with Crippen molar-refractivity contribution in [3.05, 3.63) is 101 Å². The molecule has 0 spiro atoms. The number of hydrogen-bond acceptors (Lipinski definition) is 3. The van der Waals surface area contributed by atoms with E-state index in [1.54, 1.807) is 30.3 Å². The molecule has 4 nitrogen and oxygen atoms in total. The lowest BCUT2D eigenvalue weighted by Crippen LogP contribution is -2.40. The number of nitrogens with one attached hydrogen (secondary N) is 1. The molecule has 1 heterocycles. The summed E-state index contributed by atoms with van der Waals surface area (Å²) in [5, 5.41) is 3.46. The Balaban J connectivity index is 1.47. The number of anilines is 1. The molecule has 1 N–H and O–H groups in total. The molecule has 1 unspecified atom stereocenters. The minimum atomic E-state index is -0.159. The molecule has 1 aliphatic heterocycles. The third-order valence-electron chi connectivity index (χ3n) is 5.65. The van der Waals surface area contributed by atoms with Gasteiger partial charge in [-0.3, -0.25) is 14.5 Å². The van der Waals surface area contributed by atoms with Crippen LogP contribution < -0.4 is 5.32 Å². The number of carbonyl (C=O) groups is 2. The molecule has 1 fully saturated rings. The van der Waals surface area contributed by atoms with E-state index in [4.69, 9.17) is 11.6 Å². The Morgan fingerprint density at radius 3 is 2.42 bits per heavy atom. The third-order valence-corrected chi connectivity index (χ3v) is 5.88. The van der Waals surface area contributed by atoms with Crippen LogP contribution in [0, 0.1) is 5.92 Å². The molecule has 0 bridgehead atoms. The number of piperidine rings is 1. The van der Waals surface area contributed by atoms with E-state index in [1.807, 2.05) is 36.4 Å². The molecule has 0 radical (unpaired) electrons. The zero-order chi connectivity index (χ0) is 21.6. The summed E-state index contributed by atoms with van der Waals surface area (Å²) in [7, 11) is 0. The summed E-state index contributed by atoms with van der Waals surface area (Å²) < 4.78 is 0. The minimum absolute atomic E-state index is 0.0535. The van der Waals surface area contributed by atoms with Gasteiger partial charge in [-0.05, 0) is 43.1 Å². The van der Waals surface area contributed by atoms with E-state index in [2.05, 4.69) is 22.3 Å². The molecule has 1 saturated heterocycles. The maximum absolute atomic E-state index is 13.1. The summed E-state index contributed by atoms with van der Waals surface area (Å²) in [5.41, 5.74) is 2.72. The molecular formula is C26H25ClN2O2. The van der Waals surface area contributed by atoms with Gasteiger partial charge in [0.05, 0.1) is 11.6 Å². The summed E-state index contributed by atoms with van der Waals surface area (Å²) in [5.74, 6) is -0.331. The lowest BCUT2D eigenvalue weighted by Gasteiger charge is -2.32. The summed E-state index contributed by atoms with van der Waals surface area (Å²) in [6, 6.07) is 24.4. The SMILES string of the molecule is O=C(c1ccccc1)c1cc(Cl)ccc1NC(=O)C1CCCN(Cc2ccccc2)C1. The largest absolute Gasteiger partial charge is 0.325 e. The van der Waals surface area contributed by atoms with E-state index in [9.17, 15) is 9.59 Å². The topological polar surface area (TPSA) is 49.4 Å². The number of likely N-dealkylation sites (tertiary alicyclic amines) is 1. The molecule has 31 heavy (non-hydrogen) atoms. The lowest BCUT2D eigenvalue weighted by molar-refractivity contribution is -0.121. The Bertz CT molecular complexity index is 1050. The Kier molecular flexibility index (Phi) is 6.80. The highest BCUT2D eigenvalue weighted by Gasteiger charge is 2.27. The normalized spacial score (nSPS) is 16.6. The zero-order valence-corrected chi connectivity index (χ0v) is 18.0. The highest BCUT2D eigenvalue weighted by Crippen LogP contribution is 2.26. The van der Waals surface area contributed by atoms with E-state index in [-0.39, 0.29) is 17.6 Å². The number of benzene rings is 3. The molecule has 0 aliphatic carbocycles. The Hall–Kier alpha value is -2.95. The van der Waals surface area contributed by atoms with Crippen molar-refractivity contribution in [1.29, 1.82) is 0 Å². The molecule has 1 aliphatic rings. The van der Waals surface area contributed by atoms with Gasteiger partial charge < -0.3 is 5.32 Å². The van der Waals surface area contributed by atoms with Gasteiger partial charge in [-0.2, -0.15) is 0 Å². The van der Waals surface area contributed by atoms with Crippen molar-refractivity contribution in [1.82, 2.24) is 4.90 Å². The van der Waals surface area contributed by atoms with Crippen molar-refractivity contribution in [2.75, 3.05) is 18.4 Å². The van der Waals surface area contributed by atoms with Crippen molar-refractivity contribution in [3.8, 4) is 0 Å². The van der Waals surface area contributed by atoms with Crippen molar-refractivity contribution in [2.45, 2.75) is 19.4 Å². The lowest BCUT2D eigenvalue weighted by atomic mass is 9.96. The second-order valence-corrected chi connectivity index (χ2v) is 8.37. The van der Waals surface area contributed by atoms with Gasteiger partial charge in [0.25, 0.3) is 0 Å². The monoisotopic (exact) mass is 432 g/mol. The Labute approximate surface area is 187 Å². The molecule has 4 rings (SSSR count). The number of halogens is 1. The van der Waals surface area contributed by atoms with Gasteiger partial charge in [0, 0.05) is 29.2 Å². The van der Waals surface area contributed by atoms with Gasteiger partial charge >= 0.3 is 0 Å². The second kappa shape index (κ2) is 9.90. The van der Waals surface area contributed by atoms with Crippen LogP contribution in [0.2, 0.25) is 5.02 Å². The van der Waals surface area contributed by atoms with Crippen LogP contribution in [0.3, 0.4) is 0 Å². The van der Waals surface area contributed by atoms with Crippen LogP contribution in [0.25, 0.3) is 0 Å². The fraction of sp³-hybridized carbons (Fsp3) is 0.231. The summed E-state index contributed by atoms with van der Waals surface area (Å²) >= 11 is 6.16. The van der Waals surface area contributed by atoms with E-state index < -0.39 is 0 Å². The summed E-state index contributed by atoms with van der Waals surface area (Å²) in [6.45, 7) is 2.52. The average molecular weight is 433 g/mol. The zero-order valence-electron chi connectivity index (χ0n) is 17.3. The highest BCUT2D eigenvalue weighted by molar-refractivity contribution is 6.31. The highest BCUT2D eigenvalue weighted by atomic mass is 35.5. The first-order valence-electron chi connectivity index (χ1n) is 10.6. The maximum Gasteiger partial charge on any atom is 0.228 e. The number of carbonyl (C=O) groups excluding carboxylic acids is 2. The number of amides is 1. The molecule has 5 heteroatoms.